The van der Waals surface area contributed by atoms with E-state index in [0.717, 1.165) is 25.7 Å². The maximum absolute atomic E-state index is 12.4. The molecule has 0 N–H and O–H groups in total. The zero-order chi connectivity index (χ0) is 25.9. The van der Waals surface area contributed by atoms with E-state index in [-0.39, 0.29) is 49.6 Å². The summed E-state index contributed by atoms with van der Waals surface area (Å²) in [4.78, 5) is 55.6. The molecule has 0 unspecified atom stereocenters. The Hall–Kier alpha value is -2.12. The van der Waals surface area contributed by atoms with Crippen LogP contribution in [0.5, 0.6) is 0 Å². The SMILES string of the molecule is CCCCCCCN(C)C(=O)CN(C)C(=O)CCC(=O)N(C)CC(=O)N(C)CCCCCCC. The van der Waals surface area contributed by atoms with Crippen LogP contribution in [0.4, 0.5) is 0 Å². The topological polar surface area (TPSA) is 81.2 Å². The van der Waals surface area contributed by atoms with Crippen LogP contribution in [0.3, 0.4) is 0 Å². The van der Waals surface area contributed by atoms with Gasteiger partial charge in [0.2, 0.25) is 23.6 Å². The van der Waals surface area contributed by atoms with Gasteiger partial charge in [-0.1, -0.05) is 65.2 Å². The highest BCUT2D eigenvalue weighted by molar-refractivity contribution is 5.88. The number of nitrogens with zero attached hydrogens (tertiary/aromatic N) is 4. The van der Waals surface area contributed by atoms with Crippen molar-refractivity contribution in [2.24, 2.45) is 0 Å². The molecule has 0 radical (unpaired) electrons. The van der Waals surface area contributed by atoms with E-state index < -0.39 is 0 Å². The number of hydrogen-bond donors (Lipinski definition) is 0. The lowest BCUT2D eigenvalue weighted by molar-refractivity contribution is -0.141. The first-order chi connectivity index (χ1) is 16.1. The second-order valence-corrected chi connectivity index (χ2v) is 9.46. The zero-order valence-corrected chi connectivity index (χ0v) is 22.7. The third kappa shape index (κ3) is 14.9. The van der Waals surface area contributed by atoms with Gasteiger partial charge in [0.15, 0.2) is 0 Å². The van der Waals surface area contributed by atoms with Crippen molar-refractivity contribution in [2.45, 2.75) is 90.9 Å². The highest BCUT2D eigenvalue weighted by Gasteiger charge is 2.20. The summed E-state index contributed by atoms with van der Waals surface area (Å²) in [6.45, 7) is 5.74. The van der Waals surface area contributed by atoms with Gasteiger partial charge in [-0.25, -0.2) is 0 Å². The van der Waals surface area contributed by atoms with Gasteiger partial charge in [0.25, 0.3) is 0 Å². The van der Waals surface area contributed by atoms with Crippen molar-refractivity contribution in [3.05, 3.63) is 0 Å². The van der Waals surface area contributed by atoms with Gasteiger partial charge in [-0.2, -0.15) is 0 Å². The summed E-state index contributed by atoms with van der Waals surface area (Å²) in [6.07, 6.45) is 11.4. The average molecular weight is 483 g/mol. The summed E-state index contributed by atoms with van der Waals surface area (Å²) >= 11 is 0. The highest BCUT2D eigenvalue weighted by Crippen LogP contribution is 2.06. The number of hydrogen-bond acceptors (Lipinski definition) is 4. The summed E-state index contributed by atoms with van der Waals surface area (Å²) in [5.74, 6) is -0.694. The molecule has 0 aromatic carbocycles. The van der Waals surface area contributed by atoms with Gasteiger partial charge < -0.3 is 19.6 Å². The van der Waals surface area contributed by atoms with Gasteiger partial charge in [0.1, 0.15) is 0 Å². The van der Waals surface area contributed by atoms with Crippen molar-refractivity contribution in [1.29, 1.82) is 0 Å². The number of unbranched alkanes of at least 4 members (excludes halogenated alkanes) is 8. The maximum Gasteiger partial charge on any atom is 0.241 e. The zero-order valence-electron chi connectivity index (χ0n) is 22.7. The summed E-state index contributed by atoms with van der Waals surface area (Å²) in [5.41, 5.74) is 0. The molecular formula is C26H50N4O4. The van der Waals surface area contributed by atoms with E-state index in [1.165, 1.54) is 48.3 Å². The molecule has 0 aromatic heterocycles. The Labute approximate surface area is 208 Å². The third-order valence-corrected chi connectivity index (χ3v) is 6.19. The van der Waals surface area contributed by atoms with E-state index in [1.807, 2.05) is 0 Å². The predicted octanol–water partition coefficient (Wildman–Crippen LogP) is 3.54. The van der Waals surface area contributed by atoms with E-state index in [9.17, 15) is 19.2 Å². The Morgan fingerprint density at radius 2 is 0.765 bits per heavy atom. The molecule has 0 spiro atoms. The number of rotatable bonds is 19. The predicted molar refractivity (Wildman–Crippen MR) is 137 cm³/mol. The first-order valence-corrected chi connectivity index (χ1v) is 13.1. The molecule has 0 fully saturated rings. The first kappa shape index (κ1) is 31.9. The Balaban J connectivity index is 4.23. The fraction of sp³-hybridized carbons (Fsp3) is 0.846. The number of carbonyl (C=O) groups is 4. The summed E-state index contributed by atoms with van der Waals surface area (Å²) < 4.78 is 0. The molecule has 8 nitrogen and oxygen atoms in total. The maximum atomic E-state index is 12.4. The van der Waals surface area contributed by atoms with Crippen molar-refractivity contribution in [2.75, 3.05) is 54.4 Å². The molecule has 0 aromatic rings. The largest absolute Gasteiger partial charge is 0.344 e. The Morgan fingerprint density at radius 1 is 0.441 bits per heavy atom. The fourth-order valence-corrected chi connectivity index (χ4v) is 3.57. The van der Waals surface area contributed by atoms with Crippen molar-refractivity contribution < 1.29 is 19.2 Å². The lowest BCUT2D eigenvalue weighted by atomic mass is 10.1. The molecule has 0 aliphatic heterocycles. The monoisotopic (exact) mass is 482 g/mol. The molecule has 0 atom stereocenters. The van der Waals surface area contributed by atoms with Gasteiger partial charge in [0, 0.05) is 54.1 Å². The summed E-state index contributed by atoms with van der Waals surface area (Å²) in [5, 5.41) is 0. The molecule has 8 heteroatoms. The molecule has 0 rings (SSSR count). The molecule has 34 heavy (non-hydrogen) atoms. The van der Waals surface area contributed by atoms with Gasteiger partial charge in [-0.3, -0.25) is 19.2 Å². The van der Waals surface area contributed by atoms with E-state index >= 15 is 0 Å². The standard InChI is InChI=1S/C26H50N4O4/c1-7-9-11-13-15-19-27(3)25(33)21-29(5)23(31)17-18-24(32)30(6)22-26(34)28(4)20-16-14-12-10-8-2/h7-22H2,1-6H3. The fourth-order valence-electron chi connectivity index (χ4n) is 3.57. The minimum atomic E-state index is -0.248. The molecule has 0 bridgehead atoms. The quantitative estimate of drug-likeness (QED) is 0.264. The normalized spacial score (nSPS) is 10.6. The van der Waals surface area contributed by atoms with Crippen LogP contribution in [0, 0.1) is 0 Å². The van der Waals surface area contributed by atoms with Crippen LogP contribution in [-0.2, 0) is 19.2 Å². The smallest absolute Gasteiger partial charge is 0.241 e. The highest BCUT2D eigenvalue weighted by atomic mass is 16.2. The molecule has 0 aliphatic rings. The van der Waals surface area contributed by atoms with E-state index in [0.29, 0.717) is 13.1 Å². The molecule has 4 amide bonds. The van der Waals surface area contributed by atoms with Crippen molar-refractivity contribution in [3.8, 4) is 0 Å². The van der Waals surface area contributed by atoms with Crippen molar-refractivity contribution in [1.82, 2.24) is 19.6 Å². The Kier molecular flexibility index (Phi) is 18.0. The number of amides is 4. The summed E-state index contributed by atoms with van der Waals surface area (Å²) in [7, 11) is 6.70. The van der Waals surface area contributed by atoms with Crippen LogP contribution < -0.4 is 0 Å². The second-order valence-electron chi connectivity index (χ2n) is 9.46. The van der Waals surface area contributed by atoms with E-state index in [2.05, 4.69) is 13.8 Å². The van der Waals surface area contributed by atoms with Gasteiger partial charge in [-0.15, -0.1) is 0 Å². The molecule has 0 heterocycles. The molecule has 0 saturated heterocycles. The van der Waals surface area contributed by atoms with Crippen molar-refractivity contribution in [3.63, 3.8) is 0 Å². The lowest BCUT2D eigenvalue weighted by Crippen LogP contribution is -2.41. The van der Waals surface area contributed by atoms with Crippen LogP contribution in [0.2, 0.25) is 0 Å². The molecule has 198 valence electrons. The number of likely N-dealkylation sites (N-methyl/N-ethyl adjacent to an activating group) is 4. The van der Waals surface area contributed by atoms with Gasteiger partial charge >= 0.3 is 0 Å². The van der Waals surface area contributed by atoms with Crippen LogP contribution in [-0.4, -0.2) is 97.6 Å². The van der Waals surface area contributed by atoms with E-state index in [1.54, 1.807) is 38.0 Å². The third-order valence-electron chi connectivity index (χ3n) is 6.19. The minimum Gasteiger partial charge on any atom is -0.344 e. The second kappa shape index (κ2) is 19.2. The summed E-state index contributed by atoms with van der Waals surface area (Å²) in [6, 6.07) is 0. The van der Waals surface area contributed by atoms with E-state index in [4.69, 9.17) is 0 Å². The van der Waals surface area contributed by atoms with Crippen LogP contribution in [0.1, 0.15) is 90.9 Å². The molecule has 0 saturated carbocycles. The minimum absolute atomic E-state index is 0.00978. The molecular weight excluding hydrogens is 432 g/mol. The Bertz CT molecular complexity index is 560. The lowest BCUT2D eigenvalue weighted by Gasteiger charge is -2.23. The van der Waals surface area contributed by atoms with Crippen molar-refractivity contribution >= 4 is 23.6 Å². The van der Waals surface area contributed by atoms with Gasteiger partial charge in [-0.05, 0) is 12.8 Å². The number of carbonyl (C=O) groups excluding carboxylic acids is 4. The first-order valence-electron chi connectivity index (χ1n) is 13.1. The van der Waals surface area contributed by atoms with Crippen LogP contribution in [0.15, 0.2) is 0 Å². The molecule has 0 aliphatic carbocycles. The van der Waals surface area contributed by atoms with Crippen LogP contribution >= 0.6 is 0 Å². The average Bonchev–Trinajstić information content (AvgIpc) is 2.81. The van der Waals surface area contributed by atoms with Gasteiger partial charge in [0.05, 0.1) is 13.1 Å². The Morgan fingerprint density at radius 3 is 1.09 bits per heavy atom. The van der Waals surface area contributed by atoms with Crippen LogP contribution in [0.25, 0.3) is 0 Å².